The van der Waals surface area contributed by atoms with E-state index in [1.165, 1.54) is 0 Å². The van der Waals surface area contributed by atoms with Gasteiger partial charge in [-0.1, -0.05) is 0 Å². The van der Waals surface area contributed by atoms with Crippen LogP contribution in [0.4, 0.5) is 119 Å². The summed E-state index contributed by atoms with van der Waals surface area (Å²) < 4.78 is 383. The zero-order chi connectivity index (χ0) is 37.0. The van der Waals surface area contributed by atoms with E-state index in [4.69, 9.17) is 4.55 Å². The summed E-state index contributed by atoms with van der Waals surface area (Å²) in [5.41, 5.74) is 0. The van der Waals surface area contributed by atoms with E-state index >= 15 is 0 Å². The molecule has 0 aliphatic heterocycles. The lowest BCUT2D eigenvalue weighted by Gasteiger charge is -2.45. The Bertz CT molecular complexity index is 1190. The first-order valence-electron chi connectivity index (χ1n) is 8.82. The van der Waals surface area contributed by atoms with Crippen LogP contribution in [0.1, 0.15) is 0 Å². The van der Waals surface area contributed by atoms with Gasteiger partial charge in [0.1, 0.15) is 0 Å². The van der Waals surface area contributed by atoms with Gasteiger partial charge in [0.15, 0.2) is 0 Å². The quantitative estimate of drug-likeness (QED) is 0.163. The zero-order valence-electron chi connectivity index (χ0n) is 18.4. The molecule has 0 amide bonds. The van der Waals surface area contributed by atoms with Crippen LogP contribution in [0, 0.1) is 0 Å². The molecule has 0 atom stereocenters. The molecule has 1 N–H and O–H groups in total. The third-order valence-corrected chi connectivity index (χ3v) is 5.89. The van der Waals surface area contributed by atoms with Crippen molar-refractivity contribution in [3.63, 3.8) is 0 Å². The van der Waals surface area contributed by atoms with Crippen LogP contribution in [0.5, 0.6) is 0 Å². The van der Waals surface area contributed by atoms with Gasteiger partial charge in [-0.15, -0.1) is 0 Å². The predicted molar refractivity (Wildman–Crippen MR) is 77.0 cm³/mol. The van der Waals surface area contributed by atoms with Crippen molar-refractivity contribution >= 4 is 10.1 Å². The largest absolute Gasteiger partial charge is 0.460 e. The van der Waals surface area contributed by atoms with Crippen LogP contribution >= 0.6 is 0 Å². The van der Waals surface area contributed by atoms with Crippen molar-refractivity contribution in [2.45, 2.75) is 76.6 Å². The summed E-state index contributed by atoms with van der Waals surface area (Å²) in [6, 6.07) is 0. The lowest BCUT2D eigenvalue weighted by Crippen LogP contribution is -2.79. The minimum atomic E-state index is -9.92. The average molecular weight is 750 g/mol. The molecule has 0 aromatic heterocycles. The van der Waals surface area contributed by atoms with Crippen LogP contribution in [0.25, 0.3) is 0 Å². The second-order valence-corrected chi connectivity index (χ2v) is 9.27. The summed E-state index contributed by atoms with van der Waals surface area (Å²) in [7, 11) is -8.30. The molecule has 0 spiro atoms. The highest BCUT2D eigenvalue weighted by atomic mass is 32.2. The molecule has 0 aliphatic carbocycles. The van der Waals surface area contributed by atoms with E-state index in [1.54, 1.807) is 0 Å². The van der Waals surface area contributed by atoms with Crippen LogP contribution < -0.4 is 0 Å². The van der Waals surface area contributed by atoms with Gasteiger partial charge >= 0.3 is 86.7 Å². The average Bonchev–Trinajstić information content (AvgIpc) is 2.75. The van der Waals surface area contributed by atoms with Gasteiger partial charge in [-0.2, -0.15) is 127 Å². The van der Waals surface area contributed by atoms with Crippen molar-refractivity contribution in [2.24, 2.45) is 0 Å². The van der Waals surface area contributed by atoms with E-state index in [0.717, 1.165) is 0 Å². The maximum Gasteiger partial charge on any atom is 0.460 e. The summed E-state index contributed by atoms with van der Waals surface area (Å²) >= 11 is 0. The van der Waals surface area contributed by atoms with Crippen molar-refractivity contribution in [3.8, 4) is 0 Å². The molecule has 0 fully saturated rings. The number of hydrogen-bond donors (Lipinski definition) is 1. The third kappa shape index (κ3) is 4.61. The molecule has 0 rings (SSSR count). The van der Waals surface area contributed by atoms with Crippen LogP contribution in [0.2, 0.25) is 0 Å². The third-order valence-electron chi connectivity index (χ3n) is 4.99. The fourth-order valence-electron chi connectivity index (χ4n) is 2.30. The normalized spacial score (nSPS) is 17.3. The first kappa shape index (κ1) is 42.0. The monoisotopic (exact) mass is 750 g/mol. The maximum absolute atomic E-state index is 13.6. The summed E-state index contributed by atoms with van der Waals surface area (Å²) in [5, 5.41) is -8.28. The Labute approximate surface area is 219 Å². The Morgan fingerprint density at radius 1 is 0.273 bits per heavy atom. The standard InChI is InChI=1S/C13HF27O3S/c14-1(15,2(16,17)4(20,21)6(24,25)8(28,29)10(32,33)12(36,37)38)3(18,19)5(22,23)7(26,27)9(30,31)11(34,35)13(39,40)44(41,42)43/h(H,41,42,43). The Morgan fingerprint density at radius 3 is 0.545 bits per heavy atom. The van der Waals surface area contributed by atoms with Crippen LogP contribution in [0.3, 0.4) is 0 Å². The van der Waals surface area contributed by atoms with Crippen molar-refractivity contribution < 1.29 is 132 Å². The molecule has 0 aromatic rings. The molecule has 0 aromatic carbocycles. The van der Waals surface area contributed by atoms with E-state index in [-0.39, 0.29) is 0 Å². The minimum Gasteiger partial charge on any atom is -0.281 e. The van der Waals surface area contributed by atoms with E-state index in [2.05, 4.69) is 0 Å². The van der Waals surface area contributed by atoms with Gasteiger partial charge < -0.3 is 0 Å². The second kappa shape index (κ2) is 9.77. The van der Waals surface area contributed by atoms with E-state index < -0.39 is 86.7 Å². The molecular weight excluding hydrogens is 749 g/mol. The van der Waals surface area contributed by atoms with Crippen LogP contribution in [-0.2, 0) is 10.1 Å². The van der Waals surface area contributed by atoms with Crippen molar-refractivity contribution in [1.29, 1.82) is 0 Å². The SMILES string of the molecule is O=S(=O)(O)C(F)(F)C(F)(F)C(F)(F)C(F)(F)C(F)(F)C(F)(F)C(F)(F)C(F)(F)C(F)(F)C(F)(F)C(F)(F)C(F)(F)C(F)(F)F. The van der Waals surface area contributed by atoms with E-state index in [1.807, 2.05) is 0 Å². The number of halogens is 27. The molecule has 0 bridgehead atoms. The molecule has 0 saturated heterocycles. The highest BCUT2D eigenvalue weighted by Crippen LogP contribution is 2.68. The van der Waals surface area contributed by atoms with Gasteiger partial charge in [0, 0.05) is 0 Å². The van der Waals surface area contributed by atoms with Gasteiger partial charge in [0.2, 0.25) is 0 Å². The molecule has 266 valence electrons. The lowest BCUT2D eigenvalue weighted by molar-refractivity contribution is -0.483. The molecular formula is C13HF27O3S. The van der Waals surface area contributed by atoms with Crippen molar-refractivity contribution in [3.05, 3.63) is 0 Å². The summed E-state index contributed by atoms with van der Waals surface area (Å²) in [6.07, 6.45) is -8.28. The van der Waals surface area contributed by atoms with E-state index in [0.29, 0.717) is 0 Å². The number of alkyl halides is 27. The highest BCUT2D eigenvalue weighted by molar-refractivity contribution is 7.87. The Balaban J connectivity index is 7.56. The van der Waals surface area contributed by atoms with Gasteiger partial charge in [-0.3, -0.25) is 4.55 Å². The highest BCUT2D eigenvalue weighted by Gasteiger charge is 3.00. The molecule has 0 aliphatic rings. The summed E-state index contributed by atoms with van der Waals surface area (Å²) in [6.45, 7) is 0. The Morgan fingerprint density at radius 2 is 0.409 bits per heavy atom. The molecule has 0 saturated carbocycles. The molecule has 44 heavy (non-hydrogen) atoms. The van der Waals surface area contributed by atoms with Gasteiger partial charge in [-0.25, -0.2) is 0 Å². The molecule has 31 heteroatoms. The maximum atomic E-state index is 13.6. The van der Waals surface area contributed by atoms with E-state index in [9.17, 15) is 127 Å². The molecule has 0 radical (unpaired) electrons. The van der Waals surface area contributed by atoms with Gasteiger partial charge in [0.25, 0.3) is 0 Å². The minimum absolute atomic E-state index is 7.72. The molecule has 3 nitrogen and oxygen atoms in total. The molecule has 0 unspecified atom stereocenters. The van der Waals surface area contributed by atoms with Gasteiger partial charge in [0.05, 0.1) is 0 Å². The fraction of sp³-hybridized carbons (Fsp3) is 1.00. The van der Waals surface area contributed by atoms with Crippen LogP contribution in [0.15, 0.2) is 0 Å². The first-order chi connectivity index (χ1) is 18.2. The number of hydrogen-bond acceptors (Lipinski definition) is 2. The summed E-state index contributed by atoms with van der Waals surface area (Å²) in [4.78, 5) is 0. The van der Waals surface area contributed by atoms with Crippen molar-refractivity contribution in [1.82, 2.24) is 0 Å². The summed E-state index contributed by atoms with van der Waals surface area (Å²) in [5.74, 6) is -105. The van der Waals surface area contributed by atoms with Gasteiger partial charge in [-0.05, 0) is 0 Å². The predicted octanol–water partition coefficient (Wildman–Crippen LogP) is 8.02. The lowest BCUT2D eigenvalue weighted by atomic mass is 9.84. The zero-order valence-corrected chi connectivity index (χ0v) is 19.2. The smallest absolute Gasteiger partial charge is 0.281 e. The Hall–Kier alpha value is -1.98. The number of rotatable bonds is 12. The van der Waals surface area contributed by atoms with Crippen LogP contribution in [-0.4, -0.2) is 89.5 Å². The second-order valence-electron chi connectivity index (χ2n) is 7.81. The Kier molecular flexibility index (Phi) is 9.33. The fourth-order valence-corrected chi connectivity index (χ4v) is 2.75. The van der Waals surface area contributed by atoms with Crippen molar-refractivity contribution in [2.75, 3.05) is 0 Å². The topological polar surface area (TPSA) is 54.4 Å². The molecule has 0 heterocycles. The first-order valence-corrected chi connectivity index (χ1v) is 10.3.